The van der Waals surface area contributed by atoms with E-state index < -0.39 is 0 Å². The first kappa shape index (κ1) is 16.0. The lowest BCUT2D eigenvalue weighted by Crippen LogP contribution is -2.18. The van der Waals surface area contributed by atoms with Gasteiger partial charge in [0.25, 0.3) is 0 Å². The van der Waals surface area contributed by atoms with Gasteiger partial charge in [-0.2, -0.15) is 0 Å². The van der Waals surface area contributed by atoms with Crippen molar-refractivity contribution in [2.24, 2.45) is 5.41 Å². The smallest absolute Gasteiger partial charge is 0.0749 e. The standard InChI is InChI=1S/C23H26S/c1-5-6-15-24-21-20(22(2,3)4)23(21)18-13-9-7-11-16(18)17-12-8-10-14-19(17)23/h7-14H,5-6,15H2,1-4H3. The number of rotatable bonds is 4. The predicted octanol–water partition coefficient (Wildman–Crippen LogP) is 6.80. The molecule has 2 aliphatic rings. The average molecular weight is 335 g/mol. The summed E-state index contributed by atoms with van der Waals surface area (Å²) in [6.45, 7) is 9.41. The zero-order chi connectivity index (χ0) is 16.9. The zero-order valence-corrected chi connectivity index (χ0v) is 16.0. The largest absolute Gasteiger partial charge is 0.129 e. The number of hydrogen-bond acceptors (Lipinski definition) is 1. The van der Waals surface area contributed by atoms with Gasteiger partial charge in [0.05, 0.1) is 5.41 Å². The number of benzene rings is 2. The molecule has 0 unspecified atom stereocenters. The maximum Gasteiger partial charge on any atom is 0.0749 e. The normalized spacial score (nSPS) is 17.2. The molecule has 0 aromatic heterocycles. The molecule has 0 atom stereocenters. The first-order valence-electron chi connectivity index (χ1n) is 9.10. The van der Waals surface area contributed by atoms with E-state index in [9.17, 15) is 0 Å². The number of fused-ring (bicyclic) bond motifs is 5. The summed E-state index contributed by atoms with van der Waals surface area (Å²) >= 11 is 2.10. The third-order valence-electron chi connectivity index (χ3n) is 5.33. The molecule has 0 aliphatic heterocycles. The minimum absolute atomic E-state index is 0.0733. The summed E-state index contributed by atoms with van der Waals surface area (Å²) in [6, 6.07) is 18.1. The summed E-state index contributed by atoms with van der Waals surface area (Å²) in [7, 11) is 0. The van der Waals surface area contributed by atoms with Gasteiger partial charge in [-0.25, -0.2) is 0 Å². The zero-order valence-electron chi connectivity index (χ0n) is 15.1. The first-order chi connectivity index (χ1) is 11.5. The quantitative estimate of drug-likeness (QED) is 0.554. The Balaban J connectivity index is 1.88. The number of hydrogen-bond donors (Lipinski definition) is 0. The molecule has 0 radical (unpaired) electrons. The Morgan fingerprint density at radius 3 is 1.92 bits per heavy atom. The predicted molar refractivity (Wildman–Crippen MR) is 107 cm³/mol. The summed E-state index contributed by atoms with van der Waals surface area (Å²) in [5.41, 5.74) is 7.81. The van der Waals surface area contributed by atoms with Crippen LogP contribution < -0.4 is 0 Å². The Hall–Kier alpha value is -1.47. The van der Waals surface area contributed by atoms with Crippen molar-refractivity contribution in [3.05, 3.63) is 70.1 Å². The van der Waals surface area contributed by atoms with E-state index >= 15 is 0 Å². The van der Waals surface area contributed by atoms with Gasteiger partial charge in [0, 0.05) is 4.91 Å². The highest BCUT2D eigenvalue weighted by atomic mass is 32.2. The Kier molecular flexibility index (Phi) is 3.69. The molecule has 1 heteroatoms. The Labute approximate surface area is 150 Å². The van der Waals surface area contributed by atoms with Crippen LogP contribution in [0.3, 0.4) is 0 Å². The lowest BCUT2D eigenvalue weighted by Gasteiger charge is -2.24. The molecule has 2 aliphatic carbocycles. The van der Waals surface area contributed by atoms with E-state index in [1.165, 1.54) is 40.8 Å². The fourth-order valence-electron chi connectivity index (χ4n) is 4.41. The SMILES string of the molecule is CCCCSC1=C(C(C)(C)C)C12c1ccccc1-c1ccccc12. The molecule has 0 amide bonds. The Bertz CT molecular complexity index is 774. The van der Waals surface area contributed by atoms with Gasteiger partial charge in [-0.05, 0) is 45.4 Å². The molecule has 0 saturated heterocycles. The number of unbranched alkanes of at least 4 members (excludes halogenated alkanes) is 1. The van der Waals surface area contributed by atoms with Gasteiger partial charge in [0.15, 0.2) is 0 Å². The van der Waals surface area contributed by atoms with Gasteiger partial charge in [0.1, 0.15) is 0 Å². The van der Waals surface area contributed by atoms with E-state index in [2.05, 4.69) is 88.0 Å². The van der Waals surface area contributed by atoms with Crippen LogP contribution in [0.15, 0.2) is 59.0 Å². The molecule has 0 N–H and O–H groups in total. The van der Waals surface area contributed by atoms with Gasteiger partial charge >= 0.3 is 0 Å². The maximum atomic E-state index is 2.38. The van der Waals surface area contributed by atoms with E-state index in [1.54, 1.807) is 10.5 Å². The van der Waals surface area contributed by atoms with E-state index in [0.29, 0.717) is 0 Å². The van der Waals surface area contributed by atoms with E-state index in [0.717, 1.165) is 0 Å². The van der Waals surface area contributed by atoms with Crippen molar-refractivity contribution in [3.8, 4) is 11.1 Å². The number of thioether (sulfide) groups is 1. The van der Waals surface area contributed by atoms with Crippen LogP contribution in [0, 0.1) is 5.41 Å². The van der Waals surface area contributed by atoms with E-state index in [4.69, 9.17) is 0 Å². The molecule has 2 aromatic rings. The van der Waals surface area contributed by atoms with Crippen LogP contribution in [0.5, 0.6) is 0 Å². The van der Waals surface area contributed by atoms with Gasteiger partial charge in [-0.3, -0.25) is 0 Å². The van der Waals surface area contributed by atoms with Crippen LogP contribution in [0.25, 0.3) is 11.1 Å². The van der Waals surface area contributed by atoms with Gasteiger partial charge in [-0.1, -0.05) is 82.6 Å². The molecular formula is C23H26S. The second-order valence-electron chi connectivity index (χ2n) is 8.00. The molecule has 1 spiro atoms. The van der Waals surface area contributed by atoms with Crippen molar-refractivity contribution in [1.82, 2.24) is 0 Å². The van der Waals surface area contributed by atoms with Crippen LogP contribution in [0.4, 0.5) is 0 Å². The Morgan fingerprint density at radius 1 is 0.875 bits per heavy atom. The molecule has 0 heterocycles. The van der Waals surface area contributed by atoms with E-state index in [1.807, 2.05) is 0 Å². The summed E-state index contributed by atoms with van der Waals surface area (Å²) in [5.74, 6) is 1.23. The lowest BCUT2D eigenvalue weighted by atomic mass is 9.79. The molecule has 2 aromatic carbocycles. The molecule has 0 nitrogen and oxygen atoms in total. The van der Waals surface area contributed by atoms with Crippen molar-refractivity contribution in [2.75, 3.05) is 5.75 Å². The van der Waals surface area contributed by atoms with Crippen LogP contribution >= 0.6 is 11.8 Å². The second kappa shape index (κ2) is 5.52. The highest BCUT2D eigenvalue weighted by molar-refractivity contribution is 8.03. The molecular weight excluding hydrogens is 308 g/mol. The number of allylic oxidation sites excluding steroid dienone is 2. The summed E-state index contributed by atoms with van der Waals surface area (Å²) in [4.78, 5) is 1.63. The average Bonchev–Trinajstić information content (AvgIpc) is 3.16. The van der Waals surface area contributed by atoms with Crippen molar-refractivity contribution < 1.29 is 0 Å². The maximum absolute atomic E-state index is 2.38. The molecule has 0 saturated carbocycles. The molecule has 4 rings (SSSR count). The van der Waals surface area contributed by atoms with Gasteiger partial charge in [0.2, 0.25) is 0 Å². The highest BCUT2D eigenvalue weighted by Gasteiger charge is 2.62. The van der Waals surface area contributed by atoms with Crippen LogP contribution in [0.1, 0.15) is 51.7 Å². The van der Waals surface area contributed by atoms with Crippen LogP contribution in [0.2, 0.25) is 0 Å². The monoisotopic (exact) mass is 334 g/mol. The van der Waals surface area contributed by atoms with Crippen molar-refractivity contribution in [1.29, 1.82) is 0 Å². The molecule has 24 heavy (non-hydrogen) atoms. The molecule has 0 fully saturated rings. The fourth-order valence-corrected chi connectivity index (χ4v) is 6.14. The third kappa shape index (κ3) is 2.07. The van der Waals surface area contributed by atoms with E-state index in [-0.39, 0.29) is 10.8 Å². The topological polar surface area (TPSA) is 0 Å². The first-order valence-corrected chi connectivity index (χ1v) is 10.1. The Morgan fingerprint density at radius 2 is 1.42 bits per heavy atom. The summed E-state index contributed by atoms with van der Waals surface area (Å²) in [5, 5.41) is 0. The van der Waals surface area contributed by atoms with Gasteiger partial charge in [-0.15, -0.1) is 11.8 Å². The second-order valence-corrected chi connectivity index (χ2v) is 9.10. The fraction of sp³-hybridized carbons (Fsp3) is 0.391. The van der Waals surface area contributed by atoms with Crippen LogP contribution in [-0.2, 0) is 5.41 Å². The minimum atomic E-state index is 0.0733. The van der Waals surface area contributed by atoms with Crippen molar-refractivity contribution in [3.63, 3.8) is 0 Å². The summed E-state index contributed by atoms with van der Waals surface area (Å²) in [6.07, 6.45) is 2.57. The van der Waals surface area contributed by atoms with Crippen LogP contribution in [-0.4, -0.2) is 5.75 Å². The van der Waals surface area contributed by atoms with Gasteiger partial charge < -0.3 is 0 Å². The third-order valence-corrected chi connectivity index (χ3v) is 6.62. The van der Waals surface area contributed by atoms with Crippen molar-refractivity contribution in [2.45, 2.75) is 46.0 Å². The van der Waals surface area contributed by atoms with Crippen molar-refractivity contribution >= 4 is 11.8 Å². The summed E-state index contributed by atoms with van der Waals surface area (Å²) < 4.78 is 0. The lowest BCUT2D eigenvalue weighted by molar-refractivity contribution is 0.496. The molecule has 0 bridgehead atoms. The minimum Gasteiger partial charge on any atom is -0.129 e. The molecule has 124 valence electrons. The highest BCUT2D eigenvalue weighted by Crippen LogP contribution is 2.73.